The van der Waals surface area contributed by atoms with Crippen molar-refractivity contribution in [3.05, 3.63) is 27.9 Å². The second kappa shape index (κ2) is 4.04. The molecule has 0 radical (unpaired) electrons. The fourth-order valence-corrected chi connectivity index (χ4v) is 0.950. The van der Waals surface area contributed by atoms with Crippen LogP contribution in [0.1, 0.15) is 5.69 Å². The molecule has 0 aliphatic rings. The summed E-state index contributed by atoms with van der Waals surface area (Å²) in [5.74, 6) is -0.216. The highest BCUT2D eigenvalue weighted by atomic mass is 35.5. The van der Waals surface area contributed by atoms with Crippen molar-refractivity contribution in [3.63, 3.8) is 0 Å². The van der Waals surface area contributed by atoms with Crippen LogP contribution < -0.4 is 4.74 Å². The van der Waals surface area contributed by atoms with Gasteiger partial charge in [-0.1, -0.05) is 11.6 Å². The van der Waals surface area contributed by atoms with Crippen LogP contribution in [0, 0.1) is 17.0 Å². The minimum atomic E-state index is -0.602. The second-order valence-corrected chi connectivity index (χ2v) is 2.50. The summed E-state index contributed by atoms with van der Waals surface area (Å²) in [6.45, 7) is 1.66. The summed E-state index contributed by atoms with van der Waals surface area (Å²) in [5.41, 5.74) is 0.564. The van der Waals surface area contributed by atoms with Crippen molar-refractivity contribution >= 4 is 17.4 Å². The topological polar surface area (TPSA) is 65.3 Å². The fourth-order valence-electron chi connectivity index (χ4n) is 0.832. The quantitative estimate of drug-likeness (QED) is 0.426. The molecule has 0 bridgehead atoms. The molecule has 0 spiro atoms. The zero-order valence-electron chi connectivity index (χ0n) is 6.86. The number of nitro groups is 1. The first kappa shape index (κ1) is 9.73. The Bertz CT molecular complexity index is 330. The van der Waals surface area contributed by atoms with Crippen LogP contribution >= 0.6 is 11.6 Å². The van der Waals surface area contributed by atoms with E-state index in [9.17, 15) is 10.1 Å². The smallest absolute Gasteiger partial charge is 0.406 e. The number of nitrogens with zero attached hydrogens (tertiary/aromatic N) is 2. The molecule has 6 heteroatoms. The zero-order valence-corrected chi connectivity index (χ0v) is 7.61. The summed E-state index contributed by atoms with van der Waals surface area (Å²) < 4.78 is 4.81. The molecule has 0 amide bonds. The van der Waals surface area contributed by atoms with Gasteiger partial charge in [0.15, 0.2) is 6.07 Å². The number of hydrogen-bond donors (Lipinski definition) is 0. The Morgan fingerprint density at radius 1 is 1.69 bits per heavy atom. The highest BCUT2D eigenvalue weighted by Gasteiger charge is 2.16. The molecule has 0 saturated heterocycles. The van der Waals surface area contributed by atoms with Crippen LogP contribution in [0.25, 0.3) is 0 Å². The Morgan fingerprint density at radius 2 is 2.38 bits per heavy atom. The van der Waals surface area contributed by atoms with E-state index in [4.69, 9.17) is 16.3 Å². The number of halogens is 1. The third kappa shape index (κ3) is 2.29. The second-order valence-electron chi connectivity index (χ2n) is 2.28. The zero-order chi connectivity index (χ0) is 9.84. The first-order chi connectivity index (χ1) is 6.15. The molecule has 0 aliphatic carbocycles. The number of ether oxygens (including phenoxy) is 1. The Morgan fingerprint density at radius 3 is 2.92 bits per heavy atom. The van der Waals surface area contributed by atoms with E-state index in [0.29, 0.717) is 5.69 Å². The normalized spacial score (nSPS) is 9.69. The average molecular weight is 203 g/mol. The van der Waals surface area contributed by atoms with Crippen molar-refractivity contribution in [3.8, 4) is 5.75 Å². The molecule has 0 N–H and O–H groups in total. The summed E-state index contributed by atoms with van der Waals surface area (Å²) in [6.07, 6.45) is 0. The van der Waals surface area contributed by atoms with Crippen molar-refractivity contribution < 1.29 is 9.66 Å². The van der Waals surface area contributed by atoms with E-state index < -0.39 is 4.92 Å². The molecule has 1 aromatic rings. The highest BCUT2D eigenvalue weighted by molar-refractivity contribution is 6.17. The molecule has 5 nitrogen and oxygen atoms in total. The molecular weight excluding hydrogens is 196 g/mol. The van der Waals surface area contributed by atoms with Gasteiger partial charge in [-0.25, -0.2) is 0 Å². The number of aryl methyl sites for hydroxylation is 1. The van der Waals surface area contributed by atoms with Crippen LogP contribution in [0.4, 0.5) is 5.82 Å². The molecule has 0 saturated carbocycles. The monoisotopic (exact) mass is 202 g/mol. The molecule has 1 rings (SSSR count). The van der Waals surface area contributed by atoms with Gasteiger partial charge < -0.3 is 14.9 Å². The van der Waals surface area contributed by atoms with E-state index >= 15 is 0 Å². The predicted molar refractivity (Wildman–Crippen MR) is 47.0 cm³/mol. The first-order valence-corrected chi connectivity index (χ1v) is 3.99. The number of hydrogen-bond acceptors (Lipinski definition) is 4. The van der Waals surface area contributed by atoms with E-state index in [1.807, 2.05) is 0 Å². The van der Waals surface area contributed by atoms with Crippen molar-refractivity contribution in [2.45, 2.75) is 6.92 Å². The summed E-state index contributed by atoms with van der Waals surface area (Å²) in [6, 6.07) is 2.96. The fraction of sp³-hybridized carbons (Fsp3) is 0.286. The summed E-state index contributed by atoms with van der Waals surface area (Å²) in [7, 11) is 0. The van der Waals surface area contributed by atoms with E-state index in [2.05, 4.69) is 4.98 Å². The standard InChI is InChI=1S/C7H7ClN2O3/c1-5-2-3-6(13-4-8)7(9-5)10(11)12/h2-3H,4H2,1H3. The summed E-state index contributed by atoms with van der Waals surface area (Å²) >= 11 is 5.28. The van der Waals surface area contributed by atoms with Gasteiger partial charge in [0, 0.05) is 6.92 Å². The maximum absolute atomic E-state index is 10.5. The van der Waals surface area contributed by atoms with Gasteiger partial charge in [-0.3, -0.25) is 0 Å². The molecular formula is C7H7ClN2O3. The molecule has 70 valence electrons. The average Bonchev–Trinajstić information content (AvgIpc) is 2.08. The Balaban J connectivity index is 3.10. The van der Waals surface area contributed by atoms with Gasteiger partial charge in [0.25, 0.3) is 0 Å². The third-order valence-corrected chi connectivity index (χ3v) is 1.47. The lowest BCUT2D eigenvalue weighted by Gasteiger charge is -2.01. The largest absolute Gasteiger partial charge is 0.469 e. The van der Waals surface area contributed by atoms with E-state index in [1.54, 1.807) is 13.0 Å². The molecule has 0 aliphatic heterocycles. The van der Waals surface area contributed by atoms with Gasteiger partial charge >= 0.3 is 5.82 Å². The number of rotatable bonds is 3. The van der Waals surface area contributed by atoms with Gasteiger partial charge in [0.05, 0.1) is 0 Å². The number of alkyl halides is 1. The predicted octanol–water partition coefficient (Wildman–Crippen LogP) is 1.87. The van der Waals surface area contributed by atoms with E-state index in [-0.39, 0.29) is 17.6 Å². The van der Waals surface area contributed by atoms with Crippen LogP contribution in [-0.2, 0) is 0 Å². The molecule has 13 heavy (non-hydrogen) atoms. The van der Waals surface area contributed by atoms with Gasteiger partial charge in [0.2, 0.25) is 5.75 Å². The highest BCUT2D eigenvalue weighted by Crippen LogP contribution is 2.24. The first-order valence-electron chi connectivity index (χ1n) is 3.46. The van der Waals surface area contributed by atoms with Crippen LogP contribution in [0.5, 0.6) is 5.75 Å². The van der Waals surface area contributed by atoms with Gasteiger partial charge in [-0.2, -0.15) is 0 Å². The lowest BCUT2D eigenvalue weighted by atomic mass is 10.3. The minimum absolute atomic E-state index is 0.0885. The van der Waals surface area contributed by atoms with E-state index in [0.717, 1.165) is 0 Å². The lowest BCUT2D eigenvalue weighted by Crippen LogP contribution is -1.99. The van der Waals surface area contributed by atoms with Gasteiger partial charge in [-0.15, -0.1) is 0 Å². The molecule has 0 fully saturated rings. The maximum Gasteiger partial charge on any atom is 0.406 e. The van der Waals surface area contributed by atoms with E-state index in [1.165, 1.54) is 6.07 Å². The number of pyridine rings is 1. The van der Waals surface area contributed by atoms with Crippen molar-refractivity contribution in [1.29, 1.82) is 0 Å². The molecule has 0 atom stereocenters. The molecule has 0 unspecified atom stereocenters. The van der Waals surface area contributed by atoms with Crippen LogP contribution in [0.15, 0.2) is 12.1 Å². The SMILES string of the molecule is Cc1ccc(OCCl)c([N+](=O)[O-])n1. The maximum atomic E-state index is 10.5. The molecule has 1 heterocycles. The summed E-state index contributed by atoms with van der Waals surface area (Å²) in [4.78, 5) is 13.6. The van der Waals surface area contributed by atoms with Gasteiger partial charge in [-0.05, 0) is 22.0 Å². The van der Waals surface area contributed by atoms with Crippen molar-refractivity contribution in [2.75, 3.05) is 6.07 Å². The van der Waals surface area contributed by atoms with Crippen LogP contribution in [0.3, 0.4) is 0 Å². The Kier molecular flexibility index (Phi) is 3.02. The minimum Gasteiger partial charge on any atom is -0.469 e. The Hall–Kier alpha value is -1.36. The lowest BCUT2D eigenvalue weighted by molar-refractivity contribution is -0.390. The van der Waals surface area contributed by atoms with Crippen molar-refractivity contribution in [2.24, 2.45) is 0 Å². The summed E-state index contributed by atoms with van der Waals surface area (Å²) in [5, 5.41) is 10.5. The van der Waals surface area contributed by atoms with Crippen LogP contribution in [-0.4, -0.2) is 16.0 Å². The Labute approximate surface area is 79.5 Å². The molecule has 1 aromatic heterocycles. The van der Waals surface area contributed by atoms with Crippen LogP contribution in [0.2, 0.25) is 0 Å². The van der Waals surface area contributed by atoms with Crippen molar-refractivity contribution in [1.82, 2.24) is 4.98 Å². The number of aromatic nitrogens is 1. The van der Waals surface area contributed by atoms with Gasteiger partial charge in [0.1, 0.15) is 5.69 Å². The third-order valence-electron chi connectivity index (χ3n) is 1.36. The molecule has 0 aromatic carbocycles.